The molecule has 0 aromatic heterocycles. The van der Waals surface area contributed by atoms with Crippen molar-refractivity contribution >= 4 is 5.97 Å². The molecule has 2 aromatic carbocycles. The highest BCUT2D eigenvalue weighted by atomic mass is 19.1. The summed E-state index contributed by atoms with van der Waals surface area (Å²) in [5, 5.41) is 8.75. The van der Waals surface area contributed by atoms with Crippen LogP contribution in [-0.2, 0) is 6.61 Å². The lowest BCUT2D eigenvalue weighted by Gasteiger charge is -2.10. The predicted molar refractivity (Wildman–Crippen MR) is 70.7 cm³/mol. The number of ether oxygens (including phenoxy) is 2. The molecule has 0 aliphatic carbocycles. The van der Waals surface area contributed by atoms with Gasteiger partial charge in [-0.15, -0.1) is 0 Å². The number of para-hydroxylation sites is 1. The van der Waals surface area contributed by atoms with Gasteiger partial charge >= 0.3 is 5.97 Å². The summed E-state index contributed by atoms with van der Waals surface area (Å²) in [6.45, 7) is 0.132. The summed E-state index contributed by atoms with van der Waals surface area (Å²) < 4.78 is 24.2. The number of aromatic carboxylic acids is 1. The molecule has 0 radical (unpaired) electrons. The molecule has 1 N–H and O–H groups in total. The van der Waals surface area contributed by atoms with Crippen LogP contribution in [0.1, 0.15) is 15.9 Å². The van der Waals surface area contributed by atoms with Crippen LogP contribution in [0, 0.1) is 5.82 Å². The molecule has 0 aliphatic heterocycles. The molecule has 0 saturated carbocycles. The van der Waals surface area contributed by atoms with Crippen molar-refractivity contribution < 1.29 is 23.8 Å². The Hall–Kier alpha value is -2.56. The van der Waals surface area contributed by atoms with Crippen molar-refractivity contribution in [1.29, 1.82) is 0 Å². The van der Waals surface area contributed by atoms with Gasteiger partial charge in [-0.3, -0.25) is 0 Å². The minimum absolute atomic E-state index is 0.000839. The van der Waals surface area contributed by atoms with Gasteiger partial charge < -0.3 is 14.6 Å². The highest BCUT2D eigenvalue weighted by Crippen LogP contribution is 2.23. The first-order valence-corrected chi connectivity index (χ1v) is 5.89. The molecule has 0 atom stereocenters. The molecule has 0 heterocycles. The van der Waals surface area contributed by atoms with E-state index >= 15 is 0 Å². The maximum absolute atomic E-state index is 13.7. The fourth-order valence-corrected chi connectivity index (χ4v) is 1.73. The van der Waals surface area contributed by atoms with E-state index in [0.717, 1.165) is 11.6 Å². The third-order valence-corrected chi connectivity index (χ3v) is 2.75. The summed E-state index contributed by atoms with van der Waals surface area (Å²) in [5.41, 5.74) is 0.656. The molecule has 0 amide bonds. The fraction of sp³-hybridized carbons (Fsp3) is 0.133. The number of benzene rings is 2. The van der Waals surface area contributed by atoms with Crippen LogP contribution >= 0.6 is 0 Å². The van der Waals surface area contributed by atoms with E-state index in [1.165, 1.54) is 12.1 Å². The second-order valence-electron chi connectivity index (χ2n) is 4.05. The van der Waals surface area contributed by atoms with Crippen molar-refractivity contribution in [2.45, 2.75) is 6.61 Å². The number of rotatable bonds is 5. The first kappa shape index (κ1) is 13.9. The summed E-state index contributed by atoms with van der Waals surface area (Å²) >= 11 is 0. The summed E-state index contributed by atoms with van der Waals surface area (Å²) in [7, 11) is 1.54. The zero-order valence-electron chi connectivity index (χ0n) is 10.8. The van der Waals surface area contributed by atoms with Gasteiger partial charge in [-0.1, -0.05) is 18.2 Å². The molecule has 104 valence electrons. The number of hydrogen-bond donors (Lipinski definition) is 1. The smallest absolute Gasteiger partial charge is 0.335 e. The maximum Gasteiger partial charge on any atom is 0.335 e. The van der Waals surface area contributed by atoms with E-state index in [4.69, 9.17) is 14.6 Å². The average molecular weight is 276 g/mol. The van der Waals surface area contributed by atoms with Crippen LogP contribution in [0.5, 0.6) is 11.5 Å². The van der Waals surface area contributed by atoms with Gasteiger partial charge in [0.1, 0.15) is 12.4 Å². The van der Waals surface area contributed by atoms with Crippen molar-refractivity contribution in [2.24, 2.45) is 0 Å². The van der Waals surface area contributed by atoms with Gasteiger partial charge in [0.05, 0.1) is 12.7 Å². The highest BCUT2D eigenvalue weighted by Gasteiger charge is 2.10. The lowest BCUT2D eigenvalue weighted by Crippen LogP contribution is -2.02. The topological polar surface area (TPSA) is 55.8 Å². The van der Waals surface area contributed by atoms with E-state index in [1.54, 1.807) is 13.2 Å². The van der Waals surface area contributed by atoms with Gasteiger partial charge in [0, 0.05) is 5.56 Å². The SMILES string of the molecule is COc1ccccc1COc1ccc(C(=O)O)cc1F. The van der Waals surface area contributed by atoms with E-state index in [0.29, 0.717) is 5.75 Å². The lowest BCUT2D eigenvalue weighted by atomic mass is 10.2. The largest absolute Gasteiger partial charge is 0.496 e. The van der Waals surface area contributed by atoms with E-state index in [2.05, 4.69) is 0 Å². The Kier molecular flexibility index (Phi) is 4.20. The van der Waals surface area contributed by atoms with E-state index < -0.39 is 11.8 Å². The Balaban J connectivity index is 2.13. The van der Waals surface area contributed by atoms with Gasteiger partial charge in [-0.25, -0.2) is 9.18 Å². The molecule has 0 unspecified atom stereocenters. The van der Waals surface area contributed by atoms with E-state index in [9.17, 15) is 9.18 Å². The number of carboxylic acid groups (broad SMARTS) is 1. The Morgan fingerprint density at radius 1 is 1.20 bits per heavy atom. The zero-order chi connectivity index (χ0) is 14.5. The molecule has 0 aliphatic rings. The fourth-order valence-electron chi connectivity index (χ4n) is 1.73. The molecular weight excluding hydrogens is 263 g/mol. The number of methoxy groups -OCH3 is 1. The van der Waals surface area contributed by atoms with Crippen LogP contribution in [0.15, 0.2) is 42.5 Å². The maximum atomic E-state index is 13.7. The van der Waals surface area contributed by atoms with Gasteiger partial charge in [-0.05, 0) is 24.3 Å². The molecule has 2 rings (SSSR count). The first-order chi connectivity index (χ1) is 9.61. The van der Waals surface area contributed by atoms with Crippen LogP contribution in [-0.4, -0.2) is 18.2 Å². The second kappa shape index (κ2) is 6.06. The van der Waals surface area contributed by atoms with Crippen molar-refractivity contribution in [3.05, 3.63) is 59.4 Å². The Bertz CT molecular complexity index is 625. The van der Waals surface area contributed by atoms with Gasteiger partial charge in [0.15, 0.2) is 11.6 Å². The lowest BCUT2D eigenvalue weighted by molar-refractivity contribution is 0.0696. The molecule has 2 aromatic rings. The normalized spacial score (nSPS) is 10.1. The van der Waals surface area contributed by atoms with Gasteiger partial charge in [0.25, 0.3) is 0 Å². The summed E-state index contributed by atoms with van der Waals surface area (Å²) in [6.07, 6.45) is 0. The Morgan fingerprint density at radius 3 is 2.60 bits per heavy atom. The molecule has 4 nitrogen and oxygen atoms in total. The third kappa shape index (κ3) is 3.06. The number of halogens is 1. The first-order valence-electron chi connectivity index (χ1n) is 5.89. The molecule has 20 heavy (non-hydrogen) atoms. The summed E-state index contributed by atoms with van der Waals surface area (Å²) in [4.78, 5) is 10.7. The second-order valence-corrected chi connectivity index (χ2v) is 4.05. The standard InChI is InChI=1S/C15H13FO4/c1-19-13-5-3-2-4-11(13)9-20-14-7-6-10(15(17)18)8-12(14)16/h2-8H,9H2,1H3,(H,17,18). The molecule has 0 saturated heterocycles. The minimum Gasteiger partial charge on any atom is -0.496 e. The Labute approximate surface area is 115 Å². The Morgan fingerprint density at radius 2 is 1.95 bits per heavy atom. The highest BCUT2D eigenvalue weighted by molar-refractivity contribution is 5.87. The van der Waals surface area contributed by atoms with Gasteiger partial charge in [-0.2, -0.15) is 0 Å². The molecule has 5 heteroatoms. The van der Waals surface area contributed by atoms with Crippen LogP contribution in [0.2, 0.25) is 0 Å². The van der Waals surface area contributed by atoms with Crippen LogP contribution in [0.25, 0.3) is 0 Å². The van der Waals surface area contributed by atoms with E-state index in [1.807, 2.05) is 18.2 Å². The third-order valence-electron chi connectivity index (χ3n) is 2.75. The molecule has 0 spiro atoms. The number of hydrogen-bond acceptors (Lipinski definition) is 3. The van der Waals surface area contributed by atoms with Crippen LogP contribution in [0.4, 0.5) is 4.39 Å². The van der Waals surface area contributed by atoms with E-state index in [-0.39, 0.29) is 17.9 Å². The van der Waals surface area contributed by atoms with Crippen molar-refractivity contribution in [3.8, 4) is 11.5 Å². The molecular formula is C15H13FO4. The van der Waals surface area contributed by atoms with Crippen molar-refractivity contribution in [3.63, 3.8) is 0 Å². The summed E-state index contributed by atoms with van der Waals surface area (Å²) in [6, 6.07) is 10.8. The summed E-state index contributed by atoms with van der Waals surface area (Å²) in [5.74, 6) is -1.24. The quantitative estimate of drug-likeness (QED) is 0.911. The molecule has 0 bridgehead atoms. The van der Waals surface area contributed by atoms with Crippen LogP contribution in [0.3, 0.4) is 0 Å². The monoisotopic (exact) mass is 276 g/mol. The van der Waals surface area contributed by atoms with Crippen LogP contribution < -0.4 is 9.47 Å². The number of carbonyl (C=O) groups is 1. The number of carboxylic acids is 1. The minimum atomic E-state index is -1.18. The average Bonchev–Trinajstić information content (AvgIpc) is 2.46. The van der Waals surface area contributed by atoms with Crippen molar-refractivity contribution in [2.75, 3.05) is 7.11 Å². The zero-order valence-corrected chi connectivity index (χ0v) is 10.8. The predicted octanol–water partition coefficient (Wildman–Crippen LogP) is 3.11. The molecule has 0 fully saturated rings. The van der Waals surface area contributed by atoms with Gasteiger partial charge in [0.2, 0.25) is 0 Å². The van der Waals surface area contributed by atoms with Crippen molar-refractivity contribution in [1.82, 2.24) is 0 Å².